The zero-order chi connectivity index (χ0) is 21.9. The third-order valence-electron chi connectivity index (χ3n) is 10.6. The van der Waals surface area contributed by atoms with Gasteiger partial charge in [0.1, 0.15) is 0 Å². The van der Waals surface area contributed by atoms with E-state index in [0.29, 0.717) is 11.3 Å². The summed E-state index contributed by atoms with van der Waals surface area (Å²) in [6.07, 6.45) is 16.7. The maximum Gasteiger partial charge on any atom is 0.0628 e. The van der Waals surface area contributed by atoms with Crippen LogP contribution in [0.3, 0.4) is 0 Å². The Bertz CT molecular complexity index is 712. The number of hydrogen-bond acceptors (Lipinski definition) is 1. The smallest absolute Gasteiger partial charge is 0.0628 e. The van der Waals surface area contributed by atoms with E-state index in [1.807, 2.05) is 0 Å². The fraction of sp³-hybridized carbons (Fsp3) is 0.862. The predicted octanol–water partition coefficient (Wildman–Crippen LogP) is 7.94. The van der Waals surface area contributed by atoms with Crippen molar-refractivity contribution in [2.45, 2.75) is 112 Å². The van der Waals surface area contributed by atoms with E-state index in [2.05, 4.69) is 60.6 Å². The summed E-state index contributed by atoms with van der Waals surface area (Å²) in [5.41, 5.74) is 4.00. The van der Waals surface area contributed by atoms with Crippen LogP contribution in [0.25, 0.3) is 0 Å². The number of hydrogen-bond donors (Lipinski definition) is 1. The van der Waals surface area contributed by atoms with Gasteiger partial charge in [0.05, 0.1) is 6.10 Å². The fourth-order valence-corrected chi connectivity index (χ4v) is 8.73. The Labute approximate surface area is 186 Å². The molecule has 1 nitrogen and oxygen atoms in total. The van der Waals surface area contributed by atoms with E-state index in [9.17, 15) is 5.11 Å². The van der Waals surface area contributed by atoms with Crippen LogP contribution in [0, 0.1) is 45.8 Å². The van der Waals surface area contributed by atoms with Crippen molar-refractivity contribution in [3.63, 3.8) is 0 Å². The van der Waals surface area contributed by atoms with Crippen molar-refractivity contribution in [1.29, 1.82) is 0 Å². The van der Waals surface area contributed by atoms with E-state index < -0.39 is 0 Å². The van der Waals surface area contributed by atoms with Gasteiger partial charge in [-0.1, -0.05) is 91.0 Å². The van der Waals surface area contributed by atoms with Gasteiger partial charge in [-0.25, -0.2) is 0 Å². The van der Waals surface area contributed by atoms with Crippen LogP contribution < -0.4 is 0 Å². The van der Waals surface area contributed by atoms with E-state index in [4.69, 9.17) is 0 Å². The summed E-state index contributed by atoms with van der Waals surface area (Å²) in [5.74, 6) is 4.10. The van der Waals surface area contributed by atoms with Crippen LogP contribution >= 0.6 is 0 Å². The van der Waals surface area contributed by atoms with Crippen LogP contribution in [0.2, 0.25) is 0 Å². The molecule has 0 amide bonds. The van der Waals surface area contributed by atoms with Crippen LogP contribution in [0.4, 0.5) is 0 Å². The van der Waals surface area contributed by atoms with Crippen LogP contribution in [-0.2, 0) is 0 Å². The monoisotopic (exact) mass is 412 g/mol. The molecule has 3 saturated carbocycles. The molecule has 0 aromatic carbocycles. The van der Waals surface area contributed by atoms with Crippen LogP contribution in [0.5, 0.6) is 0 Å². The van der Waals surface area contributed by atoms with Crippen molar-refractivity contribution in [3.05, 3.63) is 23.3 Å². The van der Waals surface area contributed by atoms with E-state index in [1.165, 1.54) is 50.5 Å². The third kappa shape index (κ3) is 3.37. The fourth-order valence-electron chi connectivity index (χ4n) is 8.73. The normalized spacial score (nSPS) is 43.4. The molecule has 0 radical (unpaired) electrons. The average Bonchev–Trinajstić information content (AvgIpc) is 3.02. The minimum Gasteiger partial charge on any atom is -0.392 e. The van der Waals surface area contributed by atoms with Crippen LogP contribution in [0.15, 0.2) is 23.3 Å². The molecule has 0 aromatic heterocycles. The van der Waals surface area contributed by atoms with E-state index >= 15 is 0 Å². The second-order valence-electron chi connectivity index (χ2n) is 13.1. The van der Waals surface area contributed by atoms with Gasteiger partial charge in [0.15, 0.2) is 0 Å². The predicted molar refractivity (Wildman–Crippen MR) is 128 cm³/mol. The van der Waals surface area contributed by atoms with Gasteiger partial charge in [-0.3, -0.25) is 0 Å². The van der Waals surface area contributed by atoms with Crippen LogP contribution in [0.1, 0.15) is 106 Å². The average molecular weight is 413 g/mol. The Kier molecular flexibility index (Phi) is 5.87. The molecular weight excluding hydrogens is 364 g/mol. The van der Waals surface area contributed by atoms with Gasteiger partial charge in [0.25, 0.3) is 0 Å². The van der Waals surface area contributed by atoms with Crippen molar-refractivity contribution in [3.8, 4) is 0 Å². The highest BCUT2D eigenvalue weighted by atomic mass is 16.3. The molecule has 0 saturated heterocycles. The van der Waals surface area contributed by atoms with E-state index in [1.54, 1.807) is 5.57 Å². The summed E-state index contributed by atoms with van der Waals surface area (Å²) in [6.45, 7) is 17.0. The minimum absolute atomic E-state index is 0.0844. The Morgan fingerprint density at radius 1 is 0.900 bits per heavy atom. The van der Waals surface area contributed by atoms with Gasteiger partial charge in [-0.2, -0.15) is 0 Å². The standard InChI is InChI=1S/C29H48O/c1-19(2)9-8-10-20(3)22-12-13-23-21-11-14-25-27(4,5)26(30)16-18-29(25,7)24(21)15-17-28(22,23)6/h11,14,19-20,22-24,26,30H,8-10,12-13,15-18H2,1-7H3/t20-,22-,23+,24+,26?,28-,29-/m1/s1. The first kappa shape index (κ1) is 22.6. The Morgan fingerprint density at radius 2 is 1.63 bits per heavy atom. The summed E-state index contributed by atoms with van der Waals surface area (Å²) in [4.78, 5) is 0. The molecule has 30 heavy (non-hydrogen) atoms. The van der Waals surface area contributed by atoms with Gasteiger partial charge < -0.3 is 5.11 Å². The molecule has 1 unspecified atom stereocenters. The van der Waals surface area contributed by atoms with E-state index in [0.717, 1.165) is 36.5 Å². The van der Waals surface area contributed by atoms with Gasteiger partial charge in [0, 0.05) is 5.41 Å². The Hall–Kier alpha value is -0.560. The van der Waals surface area contributed by atoms with Crippen molar-refractivity contribution in [2.75, 3.05) is 0 Å². The lowest BCUT2D eigenvalue weighted by Crippen LogP contribution is -2.51. The molecule has 4 aliphatic carbocycles. The first-order valence-electron chi connectivity index (χ1n) is 13.1. The summed E-state index contributed by atoms with van der Waals surface area (Å²) in [6, 6.07) is 0. The van der Waals surface area contributed by atoms with Crippen LogP contribution in [-0.4, -0.2) is 11.2 Å². The summed E-state index contributed by atoms with van der Waals surface area (Å²) < 4.78 is 0. The van der Waals surface area contributed by atoms with Gasteiger partial charge in [0.2, 0.25) is 0 Å². The third-order valence-corrected chi connectivity index (χ3v) is 10.6. The van der Waals surface area contributed by atoms with Gasteiger partial charge >= 0.3 is 0 Å². The molecule has 1 N–H and O–H groups in total. The molecule has 0 spiro atoms. The highest BCUT2D eigenvalue weighted by Crippen LogP contribution is 2.67. The molecule has 0 aliphatic heterocycles. The highest BCUT2D eigenvalue weighted by Gasteiger charge is 2.59. The molecule has 0 aromatic rings. The topological polar surface area (TPSA) is 20.2 Å². The minimum atomic E-state index is -0.191. The highest BCUT2D eigenvalue weighted by molar-refractivity contribution is 5.41. The SMILES string of the molecule is CC(C)CCC[C@@H](C)[C@H]1CC[C@H]2C3=CC=C4C(C)(C)C(O)CC[C@]4(C)[C@H]3CC[C@]12C. The number of rotatable bonds is 5. The number of aliphatic hydroxyl groups is 1. The molecule has 4 aliphatic rings. The van der Waals surface area contributed by atoms with Gasteiger partial charge in [-0.15, -0.1) is 0 Å². The summed E-state index contributed by atoms with van der Waals surface area (Å²) >= 11 is 0. The van der Waals surface area contributed by atoms with Crippen molar-refractivity contribution in [1.82, 2.24) is 0 Å². The first-order chi connectivity index (χ1) is 14.0. The molecule has 7 atom stereocenters. The number of fused-ring (bicyclic) bond motifs is 5. The quantitative estimate of drug-likeness (QED) is 0.486. The molecule has 0 heterocycles. The van der Waals surface area contributed by atoms with Gasteiger partial charge in [-0.05, 0) is 78.9 Å². The van der Waals surface area contributed by atoms with Crippen molar-refractivity contribution in [2.24, 2.45) is 45.8 Å². The second kappa shape index (κ2) is 7.79. The van der Waals surface area contributed by atoms with Crippen molar-refractivity contribution >= 4 is 0 Å². The number of aliphatic hydroxyl groups excluding tert-OH is 1. The maximum atomic E-state index is 10.7. The Balaban J connectivity index is 1.58. The molecule has 4 rings (SSSR count). The molecule has 170 valence electrons. The largest absolute Gasteiger partial charge is 0.392 e. The second-order valence-corrected chi connectivity index (χ2v) is 13.1. The summed E-state index contributed by atoms with van der Waals surface area (Å²) in [5, 5.41) is 10.7. The summed E-state index contributed by atoms with van der Waals surface area (Å²) in [7, 11) is 0. The van der Waals surface area contributed by atoms with Crippen molar-refractivity contribution < 1.29 is 5.11 Å². The lowest BCUT2D eigenvalue weighted by atomic mass is 9.46. The molecule has 1 heteroatoms. The number of allylic oxidation sites excluding steroid dienone is 3. The Morgan fingerprint density at radius 3 is 2.33 bits per heavy atom. The molecule has 0 bridgehead atoms. The first-order valence-corrected chi connectivity index (χ1v) is 13.1. The lowest BCUT2D eigenvalue weighted by Gasteiger charge is -2.58. The molecular formula is C29H48O. The zero-order valence-electron chi connectivity index (χ0n) is 20.9. The molecule has 3 fully saturated rings. The maximum absolute atomic E-state index is 10.7. The lowest BCUT2D eigenvalue weighted by molar-refractivity contribution is -0.0173. The zero-order valence-corrected chi connectivity index (χ0v) is 20.9. The van der Waals surface area contributed by atoms with E-state index in [-0.39, 0.29) is 16.9 Å².